The summed E-state index contributed by atoms with van der Waals surface area (Å²) >= 11 is 1.73. The van der Waals surface area contributed by atoms with Crippen LogP contribution in [0.5, 0.6) is 0 Å². The van der Waals surface area contributed by atoms with E-state index in [0.29, 0.717) is 5.56 Å². The summed E-state index contributed by atoms with van der Waals surface area (Å²) in [6.07, 6.45) is 12.2. The molecule has 7 rings (SSSR count). The molecule has 0 aromatic heterocycles. The fourth-order valence-electron chi connectivity index (χ4n) is 8.29. The lowest BCUT2D eigenvalue weighted by atomic mass is 9.74. The summed E-state index contributed by atoms with van der Waals surface area (Å²) in [5.41, 5.74) is 9.96. The third kappa shape index (κ3) is 6.34. The van der Waals surface area contributed by atoms with Gasteiger partial charge in [0, 0.05) is 39.1 Å². The second-order valence-electron chi connectivity index (χ2n) is 15.2. The monoisotopic (exact) mass is 701 g/mol. The maximum absolute atomic E-state index is 11.6. The van der Waals surface area contributed by atoms with Crippen LogP contribution in [0.25, 0.3) is 21.5 Å². The Kier molecular flexibility index (Phi) is 9.39. The Morgan fingerprint density at radius 2 is 1.52 bits per heavy atom. The number of anilines is 1. The number of hydrogen-bond acceptors (Lipinski definition) is 3. The molecule has 1 aliphatic carbocycles. The first kappa shape index (κ1) is 35.3. The Morgan fingerprint density at radius 3 is 2.23 bits per heavy atom. The third-order valence-corrected chi connectivity index (χ3v) is 12.4. The van der Waals surface area contributed by atoms with Gasteiger partial charge in [0.15, 0.2) is 0 Å². The normalized spacial score (nSPS) is 17.5. The van der Waals surface area contributed by atoms with Gasteiger partial charge in [-0.25, -0.2) is 4.79 Å². The number of nitrogens with zero attached hydrogens (tertiary/aromatic N) is 1. The molecule has 0 amide bonds. The standard InChI is InChI=1S/C48H47NO2S/c1-31-19-21-33-13-8-10-17-39(33)43(31)47(3,4)32(2)20-22-35-15-12-16-36(45(35)52-38-27-23-37(24-28-38)46(50)51)26-30-42-48(5,6)44-40-18-11-9-14-34(40)25-29-41(44)49(42)7/h8-11,13-14,17-30H,2,12,15-16H2,1,3-7H3,(H,50,51)/b22-20+,36-26+,42-30-. The van der Waals surface area contributed by atoms with Crippen LogP contribution in [0.3, 0.4) is 0 Å². The molecule has 5 aromatic carbocycles. The molecule has 1 heterocycles. The number of aryl methyl sites for hydroxylation is 1. The van der Waals surface area contributed by atoms with Crippen molar-refractivity contribution in [3.05, 3.63) is 178 Å². The predicted octanol–water partition coefficient (Wildman–Crippen LogP) is 12.9. The number of benzene rings is 5. The number of carboxylic acids is 1. The van der Waals surface area contributed by atoms with Crippen LogP contribution in [0, 0.1) is 6.92 Å². The first-order chi connectivity index (χ1) is 24.9. The number of carboxylic acid groups (broad SMARTS) is 1. The fraction of sp³-hybridized carbons (Fsp3) is 0.229. The molecule has 0 saturated heterocycles. The molecule has 0 atom stereocenters. The lowest BCUT2D eigenvalue weighted by molar-refractivity contribution is 0.0696. The summed E-state index contributed by atoms with van der Waals surface area (Å²) in [4.78, 5) is 16.2. The summed E-state index contributed by atoms with van der Waals surface area (Å²) in [7, 11) is 2.18. The summed E-state index contributed by atoms with van der Waals surface area (Å²) in [6.45, 7) is 16.1. The van der Waals surface area contributed by atoms with Crippen molar-refractivity contribution in [3.8, 4) is 0 Å². The van der Waals surface area contributed by atoms with E-state index >= 15 is 0 Å². The topological polar surface area (TPSA) is 40.5 Å². The summed E-state index contributed by atoms with van der Waals surface area (Å²) in [6, 6.07) is 33.5. The fourth-order valence-corrected chi connectivity index (χ4v) is 9.40. The van der Waals surface area contributed by atoms with E-state index < -0.39 is 5.97 Å². The van der Waals surface area contributed by atoms with Gasteiger partial charge in [-0.15, -0.1) is 0 Å². The summed E-state index contributed by atoms with van der Waals surface area (Å²) in [5, 5.41) is 14.6. The molecular formula is C48H47NO2S. The lowest BCUT2D eigenvalue weighted by Gasteiger charge is -2.30. The molecule has 1 aliphatic heterocycles. The van der Waals surface area contributed by atoms with Gasteiger partial charge in [-0.2, -0.15) is 0 Å². The zero-order valence-electron chi connectivity index (χ0n) is 31.1. The van der Waals surface area contributed by atoms with Gasteiger partial charge in [-0.1, -0.05) is 131 Å². The number of rotatable bonds is 8. The van der Waals surface area contributed by atoms with Crippen molar-refractivity contribution in [2.45, 2.75) is 69.6 Å². The number of fused-ring (bicyclic) bond motifs is 4. The van der Waals surface area contributed by atoms with Crippen molar-refractivity contribution in [2.75, 3.05) is 11.9 Å². The molecule has 0 bridgehead atoms. The molecule has 0 spiro atoms. The lowest BCUT2D eigenvalue weighted by Crippen LogP contribution is -2.22. The maximum atomic E-state index is 11.6. The highest BCUT2D eigenvalue weighted by Crippen LogP contribution is 2.50. The molecule has 1 N–H and O–H groups in total. The highest BCUT2D eigenvalue weighted by Gasteiger charge is 2.39. The van der Waals surface area contributed by atoms with Gasteiger partial charge >= 0.3 is 5.97 Å². The first-order valence-electron chi connectivity index (χ1n) is 18.2. The van der Waals surface area contributed by atoms with Gasteiger partial charge in [-0.3, -0.25) is 0 Å². The molecule has 3 nitrogen and oxygen atoms in total. The molecule has 4 heteroatoms. The molecule has 52 heavy (non-hydrogen) atoms. The highest BCUT2D eigenvalue weighted by molar-refractivity contribution is 8.03. The van der Waals surface area contributed by atoms with Crippen molar-refractivity contribution >= 4 is 45.0 Å². The number of hydrogen-bond donors (Lipinski definition) is 1. The highest BCUT2D eigenvalue weighted by atomic mass is 32.2. The van der Waals surface area contributed by atoms with E-state index in [1.165, 1.54) is 65.7 Å². The van der Waals surface area contributed by atoms with E-state index in [0.717, 1.165) is 29.7 Å². The molecule has 262 valence electrons. The van der Waals surface area contributed by atoms with Crippen molar-refractivity contribution in [2.24, 2.45) is 0 Å². The molecule has 2 aliphatic rings. The van der Waals surface area contributed by atoms with Crippen LogP contribution < -0.4 is 4.90 Å². The van der Waals surface area contributed by atoms with E-state index in [1.807, 2.05) is 12.1 Å². The van der Waals surface area contributed by atoms with Crippen LogP contribution in [0.2, 0.25) is 0 Å². The molecule has 5 aromatic rings. The minimum atomic E-state index is -0.913. The third-order valence-electron chi connectivity index (χ3n) is 11.2. The van der Waals surface area contributed by atoms with E-state index in [-0.39, 0.29) is 10.8 Å². The van der Waals surface area contributed by atoms with Gasteiger partial charge in [-0.05, 0) is 118 Å². The van der Waals surface area contributed by atoms with Gasteiger partial charge < -0.3 is 10.0 Å². The van der Waals surface area contributed by atoms with Gasteiger partial charge in [0.05, 0.1) is 5.56 Å². The van der Waals surface area contributed by atoms with E-state index in [2.05, 4.69) is 150 Å². The van der Waals surface area contributed by atoms with Crippen molar-refractivity contribution in [3.63, 3.8) is 0 Å². The van der Waals surface area contributed by atoms with Crippen molar-refractivity contribution in [1.29, 1.82) is 0 Å². The number of allylic oxidation sites excluding steroid dienone is 8. The Balaban J connectivity index is 1.29. The van der Waals surface area contributed by atoms with Crippen LogP contribution >= 0.6 is 11.8 Å². The molecule has 0 unspecified atom stereocenters. The largest absolute Gasteiger partial charge is 0.478 e. The Labute approximate surface area is 312 Å². The van der Waals surface area contributed by atoms with Gasteiger partial charge in [0.2, 0.25) is 0 Å². The zero-order chi connectivity index (χ0) is 36.8. The molecule has 0 radical (unpaired) electrons. The Hall–Kier alpha value is -5.06. The summed E-state index contributed by atoms with van der Waals surface area (Å²) < 4.78 is 0. The van der Waals surface area contributed by atoms with E-state index in [9.17, 15) is 9.90 Å². The minimum Gasteiger partial charge on any atom is -0.478 e. The average Bonchev–Trinajstić information content (AvgIpc) is 3.33. The van der Waals surface area contributed by atoms with Crippen LogP contribution in [-0.4, -0.2) is 18.1 Å². The van der Waals surface area contributed by atoms with Crippen LogP contribution in [0.1, 0.15) is 74.0 Å². The van der Waals surface area contributed by atoms with Crippen molar-refractivity contribution in [1.82, 2.24) is 0 Å². The molecule has 0 saturated carbocycles. The maximum Gasteiger partial charge on any atom is 0.335 e. The molecular weight excluding hydrogens is 655 g/mol. The number of aromatic carboxylic acids is 1. The first-order valence-corrected chi connectivity index (χ1v) is 19.0. The van der Waals surface area contributed by atoms with Crippen LogP contribution in [-0.2, 0) is 10.8 Å². The second kappa shape index (κ2) is 13.8. The van der Waals surface area contributed by atoms with E-state index in [4.69, 9.17) is 0 Å². The zero-order valence-corrected chi connectivity index (χ0v) is 31.9. The Bertz CT molecular complexity index is 2370. The number of likely N-dealkylation sites (N-methyl/N-ethyl adjacent to an activating group) is 1. The second-order valence-corrected chi connectivity index (χ2v) is 16.3. The number of carbonyl (C=O) groups is 1. The smallest absolute Gasteiger partial charge is 0.335 e. The summed E-state index contributed by atoms with van der Waals surface area (Å²) in [5.74, 6) is -0.913. The van der Waals surface area contributed by atoms with Crippen molar-refractivity contribution < 1.29 is 9.90 Å². The molecule has 0 fully saturated rings. The predicted molar refractivity (Wildman–Crippen MR) is 222 cm³/mol. The average molecular weight is 702 g/mol. The van der Waals surface area contributed by atoms with Crippen LogP contribution in [0.4, 0.5) is 5.69 Å². The quantitative estimate of drug-likeness (QED) is 0.164. The van der Waals surface area contributed by atoms with Gasteiger partial charge in [0.25, 0.3) is 0 Å². The van der Waals surface area contributed by atoms with Crippen LogP contribution in [0.15, 0.2) is 160 Å². The van der Waals surface area contributed by atoms with E-state index in [1.54, 1.807) is 23.9 Å². The Morgan fingerprint density at radius 1 is 0.865 bits per heavy atom. The van der Waals surface area contributed by atoms with Gasteiger partial charge in [0.1, 0.15) is 0 Å². The SMILES string of the molecule is C=C(/C=C/C1=C(Sc2ccc(C(=O)O)cc2)C(=C/C=C2\N(C)c3ccc4ccccc4c3C2(C)C)/CCC1)C(C)(C)c1c(C)ccc2ccccc12. The number of thioether (sulfide) groups is 1. The minimum absolute atomic E-state index is 0.174.